The van der Waals surface area contributed by atoms with Gasteiger partial charge in [-0.1, -0.05) is 12.1 Å². The average Bonchev–Trinajstić information content (AvgIpc) is 2.46. The summed E-state index contributed by atoms with van der Waals surface area (Å²) in [6, 6.07) is 11.6. The maximum absolute atomic E-state index is 10.8. The first-order valence-corrected chi connectivity index (χ1v) is 5.44. The van der Waals surface area contributed by atoms with Crippen molar-refractivity contribution in [1.82, 2.24) is 4.98 Å². The van der Waals surface area contributed by atoms with Gasteiger partial charge >= 0.3 is 5.97 Å². The quantitative estimate of drug-likeness (QED) is 0.908. The third kappa shape index (κ3) is 2.53. The van der Waals surface area contributed by atoms with E-state index in [1.54, 1.807) is 24.3 Å². The van der Waals surface area contributed by atoms with Crippen LogP contribution in [0.5, 0.6) is 5.75 Å². The summed E-state index contributed by atoms with van der Waals surface area (Å²) < 4.78 is 5.01. The molecule has 19 heavy (non-hydrogen) atoms. The highest BCUT2D eigenvalue weighted by Gasteiger charge is 2.08. The third-order valence-corrected chi connectivity index (χ3v) is 2.61. The number of methoxy groups -OCH3 is 1. The van der Waals surface area contributed by atoms with E-state index in [0.717, 1.165) is 5.56 Å². The molecule has 2 rings (SSSR count). The minimum Gasteiger partial charge on any atom is -0.494 e. The van der Waals surface area contributed by atoms with Gasteiger partial charge in [0.2, 0.25) is 0 Å². The fourth-order valence-electron chi connectivity index (χ4n) is 1.64. The Hall–Kier alpha value is -2.87. The van der Waals surface area contributed by atoms with E-state index in [9.17, 15) is 4.79 Å². The van der Waals surface area contributed by atoms with Gasteiger partial charge < -0.3 is 9.84 Å². The molecule has 0 bridgehead atoms. The summed E-state index contributed by atoms with van der Waals surface area (Å²) >= 11 is 0. The van der Waals surface area contributed by atoms with E-state index in [1.165, 1.54) is 19.2 Å². The Morgan fingerprint density at radius 2 is 1.95 bits per heavy atom. The Balaban J connectivity index is 2.42. The first-order valence-electron chi connectivity index (χ1n) is 5.44. The van der Waals surface area contributed by atoms with Crippen LogP contribution in [0.4, 0.5) is 0 Å². The van der Waals surface area contributed by atoms with Crippen LogP contribution < -0.4 is 4.74 Å². The van der Waals surface area contributed by atoms with Gasteiger partial charge in [0.15, 0.2) is 11.4 Å². The van der Waals surface area contributed by atoms with Crippen molar-refractivity contribution in [3.8, 4) is 23.1 Å². The lowest BCUT2D eigenvalue weighted by Crippen LogP contribution is -1.96. The van der Waals surface area contributed by atoms with Crippen LogP contribution in [0.1, 0.15) is 16.1 Å². The second kappa shape index (κ2) is 5.19. The summed E-state index contributed by atoms with van der Waals surface area (Å²) in [7, 11) is 1.47. The van der Waals surface area contributed by atoms with Gasteiger partial charge in [-0.2, -0.15) is 5.26 Å². The smallest absolute Gasteiger partial charge is 0.335 e. The predicted octanol–water partition coefficient (Wildman–Crippen LogP) is 2.33. The molecule has 0 fully saturated rings. The van der Waals surface area contributed by atoms with Crippen LogP contribution >= 0.6 is 0 Å². The Morgan fingerprint density at radius 1 is 1.26 bits per heavy atom. The number of nitrogens with zero attached hydrogens (tertiary/aromatic N) is 2. The zero-order valence-corrected chi connectivity index (χ0v) is 10.1. The van der Waals surface area contributed by atoms with Crippen molar-refractivity contribution in [2.24, 2.45) is 0 Å². The number of carboxylic acids is 1. The number of aromatic carboxylic acids is 1. The molecule has 1 aromatic heterocycles. The highest BCUT2D eigenvalue weighted by Crippen LogP contribution is 2.23. The number of benzene rings is 1. The second-order valence-electron chi connectivity index (χ2n) is 3.74. The lowest BCUT2D eigenvalue weighted by atomic mass is 10.1. The number of carbonyl (C=O) groups is 1. The fraction of sp³-hybridized carbons (Fsp3) is 0.0714. The third-order valence-electron chi connectivity index (χ3n) is 2.61. The zero-order valence-electron chi connectivity index (χ0n) is 10.1. The average molecular weight is 254 g/mol. The lowest BCUT2D eigenvalue weighted by molar-refractivity contribution is 0.0697. The zero-order chi connectivity index (χ0) is 13.8. The van der Waals surface area contributed by atoms with Crippen molar-refractivity contribution in [3.63, 3.8) is 0 Å². The Labute approximate surface area is 109 Å². The summed E-state index contributed by atoms with van der Waals surface area (Å²) in [5.41, 5.74) is 1.73. The van der Waals surface area contributed by atoms with Crippen LogP contribution in [0.3, 0.4) is 0 Å². The molecule has 0 atom stereocenters. The van der Waals surface area contributed by atoms with Crippen LogP contribution in [0.2, 0.25) is 0 Å². The van der Waals surface area contributed by atoms with E-state index >= 15 is 0 Å². The van der Waals surface area contributed by atoms with E-state index in [1.807, 2.05) is 6.07 Å². The van der Waals surface area contributed by atoms with Gasteiger partial charge in [0.05, 0.1) is 18.4 Å². The van der Waals surface area contributed by atoms with E-state index < -0.39 is 5.97 Å². The molecule has 0 saturated carbocycles. The molecule has 1 heterocycles. The Bertz CT molecular complexity index is 657. The fourth-order valence-corrected chi connectivity index (χ4v) is 1.64. The standard InChI is InChI=1S/C14H10N2O3/c1-19-13-7-6-11(16-12(13)8-15)9-2-4-10(5-3-9)14(17)18/h2-7H,1H3,(H,17,18). The molecule has 0 aliphatic heterocycles. The Kier molecular flexibility index (Phi) is 3.44. The molecule has 5 heteroatoms. The first kappa shape index (κ1) is 12.6. The van der Waals surface area contributed by atoms with Gasteiger partial charge in [0, 0.05) is 5.56 Å². The summed E-state index contributed by atoms with van der Waals surface area (Å²) in [6.07, 6.45) is 0. The maximum atomic E-state index is 10.8. The van der Waals surface area contributed by atoms with Crippen LogP contribution in [0, 0.1) is 11.3 Å². The van der Waals surface area contributed by atoms with Gasteiger partial charge in [0.1, 0.15) is 6.07 Å². The number of hydrogen-bond acceptors (Lipinski definition) is 4. The Morgan fingerprint density at radius 3 is 2.47 bits per heavy atom. The number of ether oxygens (including phenoxy) is 1. The number of nitriles is 1. The summed E-state index contributed by atoms with van der Waals surface area (Å²) in [5.74, 6) is -0.569. The summed E-state index contributed by atoms with van der Waals surface area (Å²) in [4.78, 5) is 14.9. The molecule has 1 aromatic carbocycles. The monoisotopic (exact) mass is 254 g/mol. The van der Waals surface area contributed by atoms with Gasteiger partial charge in [-0.3, -0.25) is 0 Å². The van der Waals surface area contributed by atoms with Crippen molar-refractivity contribution in [1.29, 1.82) is 5.26 Å². The molecular formula is C14H10N2O3. The number of hydrogen-bond donors (Lipinski definition) is 1. The number of pyridine rings is 1. The minimum atomic E-state index is -0.980. The molecule has 0 aliphatic rings. The van der Waals surface area contributed by atoms with Crippen LogP contribution in [-0.2, 0) is 0 Å². The molecule has 2 aromatic rings. The molecule has 1 N–H and O–H groups in total. The van der Waals surface area contributed by atoms with Crippen LogP contribution in [-0.4, -0.2) is 23.2 Å². The molecule has 0 spiro atoms. The van der Waals surface area contributed by atoms with Crippen molar-refractivity contribution < 1.29 is 14.6 Å². The molecule has 94 valence electrons. The molecule has 0 unspecified atom stereocenters. The van der Waals surface area contributed by atoms with Gasteiger partial charge in [-0.25, -0.2) is 9.78 Å². The van der Waals surface area contributed by atoms with E-state index in [4.69, 9.17) is 15.1 Å². The number of aromatic nitrogens is 1. The number of rotatable bonds is 3. The van der Waals surface area contributed by atoms with Gasteiger partial charge in [-0.05, 0) is 24.3 Å². The van der Waals surface area contributed by atoms with Crippen LogP contribution in [0.15, 0.2) is 36.4 Å². The number of carboxylic acid groups (broad SMARTS) is 1. The predicted molar refractivity (Wildman–Crippen MR) is 67.9 cm³/mol. The van der Waals surface area contributed by atoms with Crippen molar-refractivity contribution in [3.05, 3.63) is 47.7 Å². The highest BCUT2D eigenvalue weighted by atomic mass is 16.5. The maximum Gasteiger partial charge on any atom is 0.335 e. The van der Waals surface area contributed by atoms with Crippen LogP contribution in [0.25, 0.3) is 11.3 Å². The van der Waals surface area contributed by atoms with Crippen molar-refractivity contribution in [2.75, 3.05) is 7.11 Å². The normalized spacial score (nSPS) is 9.68. The lowest BCUT2D eigenvalue weighted by Gasteiger charge is -2.05. The summed E-state index contributed by atoms with van der Waals surface area (Å²) in [6.45, 7) is 0. The highest BCUT2D eigenvalue weighted by molar-refractivity contribution is 5.88. The summed E-state index contributed by atoms with van der Waals surface area (Å²) in [5, 5.41) is 17.8. The van der Waals surface area contributed by atoms with E-state index in [2.05, 4.69) is 4.98 Å². The minimum absolute atomic E-state index is 0.197. The second-order valence-corrected chi connectivity index (χ2v) is 3.74. The topological polar surface area (TPSA) is 83.2 Å². The van der Waals surface area contributed by atoms with Gasteiger partial charge in [0.25, 0.3) is 0 Å². The van der Waals surface area contributed by atoms with Crippen molar-refractivity contribution in [2.45, 2.75) is 0 Å². The first-order chi connectivity index (χ1) is 9.15. The largest absolute Gasteiger partial charge is 0.494 e. The van der Waals surface area contributed by atoms with E-state index in [0.29, 0.717) is 11.4 Å². The molecular weight excluding hydrogens is 244 g/mol. The van der Waals surface area contributed by atoms with E-state index in [-0.39, 0.29) is 11.3 Å². The molecule has 5 nitrogen and oxygen atoms in total. The van der Waals surface area contributed by atoms with Crippen molar-refractivity contribution >= 4 is 5.97 Å². The van der Waals surface area contributed by atoms with Gasteiger partial charge in [-0.15, -0.1) is 0 Å². The molecule has 0 radical (unpaired) electrons. The molecule has 0 saturated heterocycles. The SMILES string of the molecule is COc1ccc(-c2ccc(C(=O)O)cc2)nc1C#N. The molecule has 0 amide bonds. The molecule has 0 aliphatic carbocycles.